The zero-order valence-electron chi connectivity index (χ0n) is 14.7. The molecule has 0 saturated carbocycles. The standard InChI is InChI=1S/C18H22N2O4S/c1-11-5-12(2)7-15(6-11)24-10-18(21)20-17-9-16(25(19,22)23)8-13(3)14(17)4/h5-9H,10H2,1-4H3,(H,20,21)(H2,19,22,23). The van der Waals surface area contributed by atoms with Crippen LogP contribution in [0.25, 0.3) is 0 Å². The molecule has 2 aromatic rings. The quantitative estimate of drug-likeness (QED) is 0.854. The summed E-state index contributed by atoms with van der Waals surface area (Å²) < 4.78 is 28.6. The Balaban J connectivity index is 2.13. The van der Waals surface area contributed by atoms with E-state index in [1.807, 2.05) is 32.0 Å². The predicted molar refractivity (Wildman–Crippen MR) is 97.3 cm³/mol. The Morgan fingerprint density at radius 1 is 1.04 bits per heavy atom. The van der Waals surface area contributed by atoms with E-state index in [0.29, 0.717) is 11.4 Å². The normalized spacial score (nSPS) is 11.2. The number of hydrogen-bond donors (Lipinski definition) is 2. The van der Waals surface area contributed by atoms with Gasteiger partial charge >= 0.3 is 0 Å². The van der Waals surface area contributed by atoms with Crippen LogP contribution in [0.4, 0.5) is 5.69 Å². The van der Waals surface area contributed by atoms with Crippen LogP contribution in [-0.2, 0) is 14.8 Å². The van der Waals surface area contributed by atoms with Crippen molar-refractivity contribution in [1.82, 2.24) is 0 Å². The summed E-state index contributed by atoms with van der Waals surface area (Å²) in [5, 5.41) is 7.85. The van der Waals surface area contributed by atoms with Gasteiger partial charge in [0.2, 0.25) is 10.0 Å². The van der Waals surface area contributed by atoms with E-state index in [1.165, 1.54) is 12.1 Å². The number of primary sulfonamides is 1. The minimum Gasteiger partial charge on any atom is -0.484 e. The molecule has 0 aliphatic rings. The predicted octanol–water partition coefficient (Wildman–Crippen LogP) is 2.59. The first-order valence-corrected chi connectivity index (χ1v) is 9.26. The highest BCUT2D eigenvalue weighted by atomic mass is 32.2. The molecule has 7 heteroatoms. The first-order chi connectivity index (χ1) is 11.6. The van der Waals surface area contributed by atoms with Crippen LogP contribution in [0.15, 0.2) is 35.2 Å². The van der Waals surface area contributed by atoms with Crippen LogP contribution in [-0.4, -0.2) is 20.9 Å². The number of benzene rings is 2. The Bertz CT molecular complexity index is 901. The Morgan fingerprint density at radius 2 is 1.64 bits per heavy atom. The van der Waals surface area contributed by atoms with Crippen molar-refractivity contribution >= 4 is 21.6 Å². The third kappa shape index (κ3) is 5.04. The number of ether oxygens (including phenoxy) is 1. The lowest BCUT2D eigenvalue weighted by atomic mass is 10.1. The summed E-state index contributed by atoms with van der Waals surface area (Å²) in [6, 6.07) is 8.53. The number of nitrogens with two attached hydrogens (primary N) is 1. The molecule has 1 amide bonds. The molecule has 0 spiro atoms. The number of aryl methyl sites for hydroxylation is 3. The SMILES string of the molecule is Cc1cc(C)cc(OCC(=O)Nc2cc(S(N)(=O)=O)cc(C)c2C)c1. The lowest BCUT2D eigenvalue weighted by Gasteiger charge is -2.13. The minimum absolute atomic E-state index is 0.0406. The molecule has 0 unspecified atom stereocenters. The maximum atomic E-state index is 12.2. The number of carbonyl (C=O) groups excluding carboxylic acids is 1. The fraction of sp³-hybridized carbons (Fsp3) is 0.278. The second kappa shape index (κ2) is 7.25. The first-order valence-electron chi connectivity index (χ1n) is 7.71. The highest BCUT2D eigenvalue weighted by Gasteiger charge is 2.14. The van der Waals surface area contributed by atoms with Crippen LogP contribution in [0, 0.1) is 27.7 Å². The smallest absolute Gasteiger partial charge is 0.262 e. The Kier molecular flexibility index (Phi) is 5.49. The molecule has 3 N–H and O–H groups in total. The summed E-state index contributed by atoms with van der Waals surface area (Å²) in [7, 11) is -3.85. The van der Waals surface area contributed by atoms with Crippen molar-refractivity contribution in [2.45, 2.75) is 32.6 Å². The van der Waals surface area contributed by atoms with Crippen LogP contribution in [0.5, 0.6) is 5.75 Å². The zero-order valence-corrected chi connectivity index (χ0v) is 15.5. The lowest BCUT2D eigenvalue weighted by Crippen LogP contribution is -2.21. The Hall–Kier alpha value is -2.38. The van der Waals surface area contributed by atoms with Gasteiger partial charge in [-0.05, 0) is 74.2 Å². The largest absolute Gasteiger partial charge is 0.484 e. The molecule has 6 nitrogen and oxygen atoms in total. The second-order valence-corrected chi connectivity index (χ2v) is 7.68. The highest BCUT2D eigenvalue weighted by molar-refractivity contribution is 7.89. The van der Waals surface area contributed by atoms with Crippen LogP contribution in [0.3, 0.4) is 0 Å². The first kappa shape index (κ1) is 19.0. The maximum absolute atomic E-state index is 12.2. The summed E-state index contributed by atoms with van der Waals surface area (Å²) in [6.45, 7) is 7.27. The van der Waals surface area contributed by atoms with E-state index in [0.717, 1.165) is 22.3 Å². The molecule has 2 rings (SSSR count). The monoisotopic (exact) mass is 362 g/mol. The van der Waals surface area contributed by atoms with E-state index in [2.05, 4.69) is 5.32 Å². The molecule has 0 saturated heterocycles. The van der Waals surface area contributed by atoms with Gasteiger partial charge in [0.15, 0.2) is 6.61 Å². The van der Waals surface area contributed by atoms with Gasteiger partial charge in [-0.15, -0.1) is 0 Å². The number of sulfonamides is 1. The van der Waals surface area contributed by atoms with Crippen molar-refractivity contribution in [2.24, 2.45) is 5.14 Å². The molecular weight excluding hydrogens is 340 g/mol. The van der Waals surface area contributed by atoms with E-state index in [1.54, 1.807) is 13.8 Å². The zero-order chi connectivity index (χ0) is 18.8. The van der Waals surface area contributed by atoms with E-state index >= 15 is 0 Å². The van der Waals surface area contributed by atoms with E-state index < -0.39 is 10.0 Å². The lowest BCUT2D eigenvalue weighted by molar-refractivity contribution is -0.118. The van der Waals surface area contributed by atoms with Gasteiger partial charge in [0.1, 0.15) is 5.75 Å². The molecule has 25 heavy (non-hydrogen) atoms. The molecular formula is C18H22N2O4S. The summed E-state index contributed by atoms with van der Waals surface area (Å²) in [5.74, 6) is 0.229. The number of amides is 1. The third-order valence-corrected chi connectivity index (χ3v) is 4.70. The molecule has 0 radical (unpaired) electrons. The molecule has 0 aromatic heterocycles. The van der Waals surface area contributed by atoms with Gasteiger partial charge in [0.25, 0.3) is 5.91 Å². The van der Waals surface area contributed by atoms with Gasteiger partial charge in [-0.3, -0.25) is 4.79 Å². The molecule has 0 bridgehead atoms. The highest BCUT2D eigenvalue weighted by Crippen LogP contribution is 2.23. The van der Waals surface area contributed by atoms with Gasteiger partial charge in [0, 0.05) is 5.69 Å². The van der Waals surface area contributed by atoms with Crippen molar-refractivity contribution in [3.8, 4) is 5.75 Å². The average Bonchev–Trinajstić information content (AvgIpc) is 2.47. The molecule has 0 fully saturated rings. The van der Waals surface area contributed by atoms with Crippen LogP contribution >= 0.6 is 0 Å². The Morgan fingerprint density at radius 3 is 2.20 bits per heavy atom. The second-order valence-electron chi connectivity index (χ2n) is 6.12. The summed E-state index contributed by atoms with van der Waals surface area (Å²) in [5.41, 5.74) is 3.98. The van der Waals surface area contributed by atoms with E-state index in [4.69, 9.17) is 9.88 Å². The molecule has 0 aliphatic carbocycles. The van der Waals surface area contributed by atoms with Gasteiger partial charge < -0.3 is 10.1 Å². The number of hydrogen-bond acceptors (Lipinski definition) is 4. The van der Waals surface area contributed by atoms with E-state index in [-0.39, 0.29) is 17.4 Å². The van der Waals surface area contributed by atoms with Crippen molar-refractivity contribution in [3.63, 3.8) is 0 Å². The summed E-state index contributed by atoms with van der Waals surface area (Å²) in [4.78, 5) is 12.1. The van der Waals surface area contributed by atoms with E-state index in [9.17, 15) is 13.2 Å². The number of rotatable bonds is 5. The molecule has 0 aliphatic heterocycles. The van der Waals surface area contributed by atoms with Crippen LogP contribution in [0.2, 0.25) is 0 Å². The van der Waals surface area contributed by atoms with Crippen molar-refractivity contribution in [2.75, 3.05) is 11.9 Å². The van der Waals surface area contributed by atoms with Gasteiger partial charge in [0.05, 0.1) is 4.90 Å². The Labute approximate surface area is 148 Å². The van der Waals surface area contributed by atoms with Crippen molar-refractivity contribution < 1.29 is 17.9 Å². The maximum Gasteiger partial charge on any atom is 0.262 e. The molecule has 0 heterocycles. The molecule has 134 valence electrons. The van der Waals surface area contributed by atoms with Gasteiger partial charge in [-0.1, -0.05) is 6.07 Å². The number of carbonyl (C=O) groups is 1. The van der Waals surface area contributed by atoms with Gasteiger partial charge in [-0.25, -0.2) is 13.6 Å². The van der Waals surface area contributed by atoms with Crippen LogP contribution < -0.4 is 15.2 Å². The third-order valence-electron chi connectivity index (χ3n) is 3.81. The minimum atomic E-state index is -3.85. The topological polar surface area (TPSA) is 98.5 Å². The van der Waals surface area contributed by atoms with Crippen LogP contribution in [0.1, 0.15) is 22.3 Å². The van der Waals surface area contributed by atoms with Crippen molar-refractivity contribution in [1.29, 1.82) is 0 Å². The number of anilines is 1. The van der Waals surface area contributed by atoms with Crippen molar-refractivity contribution in [3.05, 3.63) is 52.6 Å². The van der Waals surface area contributed by atoms with Gasteiger partial charge in [-0.2, -0.15) is 0 Å². The molecule has 0 atom stereocenters. The fourth-order valence-corrected chi connectivity index (χ4v) is 3.09. The summed E-state index contributed by atoms with van der Waals surface area (Å²) >= 11 is 0. The molecule has 2 aromatic carbocycles. The summed E-state index contributed by atoms with van der Waals surface area (Å²) in [6.07, 6.45) is 0. The number of nitrogens with one attached hydrogen (secondary N) is 1. The fourth-order valence-electron chi connectivity index (χ4n) is 2.47. The average molecular weight is 362 g/mol.